The number of nitro benzene ring substituents is 1. The molecule has 3 aromatic rings. The van der Waals surface area contributed by atoms with Crippen molar-refractivity contribution >= 4 is 11.6 Å². The molecule has 8 heteroatoms. The van der Waals surface area contributed by atoms with Gasteiger partial charge in [0.05, 0.1) is 30.0 Å². The summed E-state index contributed by atoms with van der Waals surface area (Å²) in [6.07, 6.45) is 1.43. The lowest BCUT2D eigenvalue weighted by Crippen LogP contribution is -2.23. The van der Waals surface area contributed by atoms with Crippen LogP contribution in [0.3, 0.4) is 0 Å². The van der Waals surface area contributed by atoms with Crippen LogP contribution < -0.4 is 10.1 Å². The molecule has 1 heterocycles. The Morgan fingerprint density at radius 2 is 1.89 bits per heavy atom. The van der Waals surface area contributed by atoms with Gasteiger partial charge in [0.15, 0.2) is 0 Å². The molecule has 0 atom stereocenters. The first-order chi connectivity index (χ1) is 13.5. The van der Waals surface area contributed by atoms with E-state index in [1.54, 1.807) is 32.2 Å². The molecule has 0 spiro atoms. The molecule has 0 saturated carbocycles. The van der Waals surface area contributed by atoms with Crippen LogP contribution in [0.2, 0.25) is 0 Å². The summed E-state index contributed by atoms with van der Waals surface area (Å²) in [5, 5.41) is 13.8. The molecule has 0 aliphatic carbocycles. The summed E-state index contributed by atoms with van der Waals surface area (Å²) in [6.45, 7) is 1.80. The number of amides is 1. The fourth-order valence-corrected chi connectivity index (χ4v) is 2.63. The quantitative estimate of drug-likeness (QED) is 0.521. The number of carbonyl (C=O) groups is 1. The Labute approximate surface area is 161 Å². The maximum absolute atomic E-state index is 12.3. The second-order valence-electron chi connectivity index (χ2n) is 6.06. The van der Waals surface area contributed by atoms with Crippen LogP contribution >= 0.6 is 0 Å². The standard InChI is InChI=1S/C20H18N4O4/c1-13-3-4-15(9-19(13)24(26)27)20(25)21-11-16-10-18(23-12-22-16)14-5-7-17(28-2)8-6-14/h3-10,12H,11H2,1-2H3,(H,21,25). The molecule has 0 aliphatic rings. The van der Waals surface area contributed by atoms with Gasteiger partial charge in [0.2, 0.25) is 0 Å². The summed E-state index contributed by atoms with van der Waals surface area (Å²) in [5.74, 6) is 0.338. The van der Waals surface area contributed by atoms with Crippen molar-refractivity contribution in [1.29, 1.82) is 0 Å². The third-order valence-electron chi connectivity index (χ3n) is 4.21. The number of ether oxygens (including phenoxy) is 1. The fraction of sp³-hybridized carbons (Fsp3) is 0.150. The third-order valence-corrected chi connectivity index (χ3v) is 4.21. The van der Waals surface area contributed by atoms with Crippen LogP contribution in [0.15, 0.2) is 54.9 Å². The minimum Gasteiger partial charge on any atom is -0.497 e. The molecular weight excluding hydrogens is 360 g/mol. The van der Waals surface area contributed by atoms with Gasteiger partial charge < -0.3 is 10.1 Å². The zero-order valence-corrected chi connectivity index (χ0v) is 15.4. The number of hydrogen-bond acceptors (Lipinski definition) is 6. The lowest BCUT2D eigenvalue weighted by atomic mass is 10.1. The Morgan fingerprint density at radius 1 is 1.14 bits per heavy atom. The van der Waals surface area contributed by atoms with Crippen LogP contribution in [-0.2, 0) is 6.54 Å². The van der Waals surface area contributed by atoms with E-state index in [0.29, 0.717) is 17.0 Å². The molecule has 28 heavy (non-hydrogen) atoms. The molecule has 8 nitrogen and oxygen atoms in total. The van der Waals surface area contributed by atoms with E-state index in [4.69, 9.17) is 4.74 Å². The van der Waals surface area contributed by atoms with Crippen molar-refractivity contribution in [3.63, 3.8) is 0 Å². The Balaban J connectivity index is 1.71. The van der Waals surface area contributed by atoms with Gasteiger partial charge in [0, 0.05) is 22.8 Å². The van der Waals surface area contributed by atoms with Crippen LogP contribution in [-0.4, -0.2) is 27.9 Å². The van der Waals surface area contributed by atoms with E-state index < -0.39 is 10.8 Å². The lowest BCUT2D eigenvalue weighted by Gasteiger charge is -2.07. The summed E-state index contributed by atoms with van der Waals surface area (Å²) < 4.78 is 5.14. The Morgan fingerprint density at radius 3 is 2.57 bits per heavy atom. The van der Waals surface area contributed by atoms with Crippen molar-refractivity contribution < 1.29 is 14.5 Å². The predicted molar refractivity (Wildman–Crippen MR) is 103 cm³/mol. The number of hydrogen-bond donors (Lipinski definition) is 1. The van der Waals surface area contributed by atoms with Crippen molar-refractivity contribution in [2.24, 2.45) is 0 Å². The number of nitrogens with one attached hydrogen (secondary N) is 1. The second kappa shape index (κ2) is 8.26. The molecule has 0 saturated heterocycles. The average Bonchev–Trinajstić information content (AvgIpc) is 2.72. The Hall–Kier alpha value is -3.81. The normalized spacial score (nSPS) is 10.4. The van der Waals surface area contributed by atoms with E-state index >= 15 is 0 Å². The molecule has 0 unspecified atom stereocenters. The largest absolute Gasteiger partial charge is 0.497 e. The zero-order valence-electron chi connectivity index (χ0n) is 15.4. The third kappa shape index (κ3) is 4.29. The maximum atomic E-state index is 12.3. The number of nitro groups is 1. The highest BCUT2D eigenvalue weighted by Crippen LogP contribution is 2.21. The maximum Gasteiger partial charge on any atom is 0.273 e. The van der Waals surface area contributed by atoms with E-state index in [9.17, 15) is 14.9 Å². The van der Waals surface area contributed by atoms with E-state index in [1.165, 1.54) is 12.4 Å². The van der Waals surface area contributed by atoms with Crippen LogP contribution in [0.4, 0.5) is 5.69 Å². The van der Waals surface area contributed by atoms with Gasteiger partial charge in [-0.2, -0.15) is 0 Å². The molecule has 1 N–H and O–H groups in total. The van der Waals surface area contributed by atoms with Gasteiger partial charge in [0.25, 0.3) is 11.6 Å². The van der Waals surface area contributed by atoms with Crippen LogP contribution in [0.1, 0.15) is 21.6 Å². The monoisotopic (exact) mass is 378 g/mol. The van der Waals surface area contributed by atoms with Crippen molar-refractivity contribution in [1.82, 2.24) is 15.3 Å². The number of benzene rings is 2. The average molecular weight is 378 g/mol. The zero-order chi connectivity index (χ0) is 20.1. The molecule has 1 aromatic heterocycles. The highest BCUT2D eigenvalue weighted by Gasteiger charge is 2.15. The SMILES string of the molecule is COc1ccc(-c2cc(CNC(=O)c3ccc(C)c([N+](=O)[O-])c3)ncn2)cc1. The van der Waals surface area contributed by atoms with Crippen LogP contribution in [0.5, 0.6) is 5.75 Å². The minimum atomic E-state index is -0.502. The number of carbonyl (C=O) groups excluding carboxylic acids is 1. The molecule has 0 bridgehead atoms. The molecule has 3 rings (SSSR count). The highest BCUT2D eigenvalue weighted by atomic mass is 16.6. The summed E-state index contributed by atoms with van der Waals surface area (Å²) in [4.78, 5) is 31.3. The summed E-state index contributed by atoms with van der Waals surface area (Å²) in [6, 6.07) is 13.6. The van der Waals surface area contributed by atoms with E-state index in [0.717, 1.165) is 11.3 Å². The molecule has 1 amide bonds. The van der Waals surface area contributed by atoms with E-state index in [1.807, 2.05) is 24.3 Å². The van der Waals surface area contributed by atoms with Crippen LogP contribution in [0, 0.1) is 17.0 Å². The first-order valence-electron chi connectivity index (χ1n) is 8.46. The number of rotatable bonds is 6. The van der Waals surface area contributed by atoms with Gasteiger partial charge in [-0.1, -0.05) is 6.07 Å². The van der Waals surface area contributed by atoms with Gasteiger partial charge in [-0.15, -0.1) is 0 Å². The van der Waals surface area contributed by atoms with Crippen molar-refractivity contribution in [3.8, 4) is 17.0 Å². The van der Waals surface area contributed by atoms with E-state index in [2.05, 4.69) is 15.3 Å². The number of aryl methyl sites for hydroxylation is 1. The molecule has 0 fully saturated rings. The number of methoxy groups -OCH3 is 1. The summed E-state index contributed by atoms with van der Waals surface area (Å²) in [7, 11) is 1.60. The number of aromatic nitrogens is 2. The fourth-order valence-electron chi connectivity index (χ4n) is 2.63. The summed E-state index contributed by atoms with van der Waals surface area (Å²) >= 11 is 0. The highest BCUT2D eigenvalue weighted by molar-refractivity contribution is 5.94. The van der Waals surface area contributed by atoms with Crippen molar-refractivity contribution in [2.45, 2.75) is 13.5 Å². The van der Waals surface area contributed by atoms with Gasteiger partial charge >= 0.3 is 0 Å². The second-order valence-corrected chi connectivity index (χ2v) is 6.06. The van der Waals surface area contributed by atoms with Gasteiger partial charge in [-0.25, -0.2) is 9.97 Å². The molecule has 0 aliphatic heterocycles. The first-order valence-corrected chi connectivity index (χ1v) is 8.46. The van der Waals surface area contributed by atoms with Crippen LogP contribution in [0.25, 0.3) is 11.3 Å². The molecule has 142 valence electrons. The lowest BCUT2D eigenvalue weighted by molar-refractivity contribution is -0.385. The molecule has 2 aromatic carbocycles. The summed E-state index contributed by atoms with van der Waals surface area (Å²) in [5.41, 5.74) is 2.87. The number of nitrogens with zero attached hydrogens (tertiary/aromatic N) is 3. The Bertz CT molecular complexity index is 1020. The van der Waals surface area contributed by atoms with Gasteiger partial charge in [-0.05, 0) is 43.3 Å². The van der Waals surface area contributed by atoms with Gasteiger partial charge in [-0.3, -0.25) is 14.9 Å². The Kier molecular flexibility index (Phi) is 5.59. The van der Waals surface area contributed by atoms with Crippen molar-refractivity contribution in [3.05, 3.63) is 81.8 Å². The predicted octanol–water partition coefficient (Wildman–Crippen LogP) is 3.30. The minimum absolute atomic E-state index is 0.0866. The first kappa shape index (κ1) is 19.0. The van der Waals surface area contributed by atoms with Gasteiger partial charge in [0.1, 0.15) is 12.1 Å². The molecule has 0 radical (unpaired) electrons. The van der Waals surface area contributed by atoms with E-state index in [-0.39, 0.29) is 17.8 Å². The van der Waals surface area contributed by atoms with Crippen molar-refractivity contribution in [2.75, 3.05) is 7.11 Å². The topological polar surface area (TPSA) is 107 Å². The smallest absolute Gasteiger partial charge is 0.273 e. The molecular formula is C20H18N4O4.